The number of anilines is 1. The van der Waals surface area contributed by atoms with Crippen LogP contribution >= 0.6 is 0 Å². The van der Waals surface area contributed by atoms with Crippen molar-refractivity contribution in [3.8, 4) is 0 Å². The van der Waals surface area contributed by atoms with Gasteiger partial charge in [-0.15, -0.1) is 0 Å². The Balaban J connectivity index is 2.50. The molecule has 0 bridgehead atoms. The zero-order valence-corrected chi connectivity index (χ0v) is 7.85. The van der Waals surface area contributed by atoms with Crippen molar-refractivity contribution in [1.29, 1.82) is 0 Å². The maximum Gasteiger partial charge on any atom is 0.391 e. The SMILES string of the molecule is Cc1oncc1NC(C)CC(F)(F)F. The summed E-state index contributed by atoms with van der Waals surface area (Å²) in [6, 6.07) is -0.687. The summed E-state index contributed by atoms with van der Waals surface area (Å²) in [5, 5.41) is 6.12. The lowest BCUT2D eigenvalue weighted by atomic mass is 10.2. The fourth-order valence-corrected chi connectivity index (χ4v) is 1.10. The van der Waals surface area contributed by atoms with Crippen LogP contribution in [0.15, 0.2) is 10.7 Å². The Morgan fingerprint density at radius 3 is 2.64 bits per heavy atom. The molecule has 0 aromatic carbocycles. The number of hydrogen-bond donors (Lipinski definition) is 1. The largest absolute Gasteiger partial charge is 0.391 e. The zero-order valence-electron chi connectivity index (χ0n) is 7.85. The van der Waals surface area contributed by atoms with Gasteiger partial charge in [-0.3, -0.25) is 0 Å². The Morgan fingerprint density at radius 1 is 1.57 bits per heavy atom. The molecule has 3 nitrogen and oxygen atoms in total. The fourth-order valence-electron chi connectivity index (χ4n) is 1.10. The van der Waals surface area contributed by atoms with Gasteiger partial charge in [0.2, 0.25) is 0 Å². The summed E-state index contributed by atoms with van der Waals surface area (Å²) in [6.45, 7) is 3.09. The van der Waals surface area contributed by atoms with E-state index in [9.17, 15) is 13.2 Å². The highest BCUT2D eigenvalue weighted by atomic mass is 19.4. The van der Waals surface area contributed by atoms with E-state index in [2.05, 4.69) is 10.5 Å². The summed E-state index contributed by atoms with van der Waals surface area (Å²) in [5.74, 6) is 0.485. The van der Waals surface area contributed by atoms with Crippen LogP contribution in [0.3, 0.4) is 0 Å². The highest BCUT2D eigenvalue weighted by Gasteiger charge is 2.30. The lowest BCUT2D eigenvalue weighted by Crippen LogP contribution is -2.23. The number of nitrogens with zero attached hydrogens (tertiary/aromatic N) is 1. The van der Waals surface area contributed by atoms with Crippen molar-refractivity contribution >= 4 is 5.69 Å². The van der Waals surface area contributed by atoms with Crippen molar-refractivity contribution in [2.24, 2.45) is 0 Å². The molecule has 1 unspecified atom stereocenters. The second kappa shape index (κ2) is 3.89. The predicted octanol–water partition coefficient (Wildman–Crippen LogP) is 2.74. The van der Waals surface area contributed by atoms with Crippen LogP contribution in [0.25, 0.3) is 0 Å². The van der Waals surface area contributed by atoms with Crippen LogP contribution in [0, 0.1) is 6.92 Å². The summed E-state index contributed by atoms with van der Waals surface area (Å²) >= 11 is 0. The van der Waals surface area contributed by atoms with E-state index >= 15 is 0 Å². The van der Waals surface area contributed by atoms with Crippen molar-refractivity contribution in [3.05, 3.63) is 12.0 Å². The van der Waals surface area contributed by atoms with E-state index in [0.29, 0.717) is 11.4 Å². The third kappa shape index (κ3) is 3.27. The van der Waals surface area contributed by atoms with Crippen LogP contribution in [0.4, 0.5) is 18.9 Å². The van der Waals surface area contributed by atoms with Gasteiger partial charge in [0.15, 0.2) is 5.76 Å². The van der Waals surface area contributed by atoms with E-state index in [1.54, 1.807) is 6.92 Å². The number of alkyl halides is 3. The molecule has 1 atom stereocenters. The van der Waals surface area contributed by atoms with E-state index in [0.717, 1.165) is 0 Å². The summed E-state index contributed by atoms with van der Waals surface area (Å²) in [7, 11) is 0. The number of hydrogen-bond acceptors (Lipinski definition) is 3. The van der Waals surface area contributed by atoms with E-state index in [1.807, 2.05) is 0 Å². The van der Waals surface area contributed by atoms with E-state index in [1.165, 1.54) is 13.1 Å². The number of aryl methyl sites for hydroxylation is 1. The molecule has 0 saturated heterocycles. The maximum atomic E-state index is 12.0. The van der Waals surface area contributed by atoms with Gasteiger partial charge in [-0.1, -0.05) is 5.16 Å². The van der Waals surface area contributed by atoms with Crippen LogP contribution in [-0.2, 0) is 0 Å². The summed E-state index contributed by atoms with van der Waals surface area (Å²) in [4.78, 5) is 0. The lowest BCUT2D eigenvalue weighted by molar-refractivity contribution is -0.136. The Labute approximate surface area is 79.3 Å². The molecule has 1 aromatic rings. The van der Waals surface area contributed by atoms with Crippen LogP contribution < -0.4 is 5.32 Å². The summed E-state index contributed by atoms with van der Waals surface area (Å²) in [5.41, 5.74) is 0.502. The Bertz CT molecular complexity index is 295. The molecular weight excluding hydrogens is 197 g/mol. The molecule has 1 N–H and O–H groups in total. The number of aromatic nitrogens is 1. The molecule has 0 radical (unpaired) electrons. The Morgan fingerprint density at radius 2 is 2.21 bits per heavy atom. The van der Waals surface area contributed by atoms with Gasteiger partial charge >= 0.3 is 6.18 Å². The minimum atomic E-state index is -4.16. The number of halogens is 3. The van der Waals surface area contributed by atoms with Crippen LogP contribution in [0.1, 0.15) is 19.1 Å². The summed E-state index contributed by atoms with van der Waals surface area (Å²) in [6.07, 6.45) is -3.67. The van der Waals surface area contributed by atoms with Gasteiger partial charge in [0.25, 0.3) is 0 Å². The Kier molecular flexibility index (Phi) is 3.03. The molecule has 14 heavy (non-hydrogen) atoms. The lowest BCUT2D eigenvalue weighted by Gasteiger charge is -2.15. The second-order valence-electron chi connectivity index (χ2n) is 3.16. The molecule has 1 aromatic heterocycles. The van der Waals surface area contributed by atoms with Gasteiger partial charge in [0.05, 0.1) is 18.3 Å². The first-order valence-electron chi connectivity index (χ1n) is 4.13. The Hall–Kier alpha value is -1.20. The van der Waals surface area contributed by atoms with Crippen molar-refractivity contribution < 1.29 is 17.7 Å². The minimum Gasteiger partial charge on any atom is -0.378 e. The van der Waals surface area contributed by atoms with Crippen molar-refractivity contribution in [3.63, 3.8) is 0 Å². The van der Waals surface area contributed by atoms with Crippen molar-refractivity contribution in [2.75, 3.05) is 5.32 Å². The standard InChI is InChI=1S/C8H11F3N2O/c1-5(3-8(9,10)11)13-7-4-12-14-6(7)2/h4-5,13H,3H2,1-2H3. The molecule has 0 saturated carbocycles. The van der Waals surface area contributed by atoms with Gasteiger partial charge in [-0.25, -0.2) is 0 Å². The second-order valence-corrected chi connectivity index (χ2v) is 3.16. The molecule has 0 aliphatic heterocycles. The molecule has 0 fully saturated rings. The number of rotatable bonds is 3. The molecule has 1 heterocycles. The monoisotopic (exact) mass is 208 g/mol. The normalized spacial score (nSPS) is 14.1. The third-order valence-electron chi connectivity index (χ3n) is 1.69. The molecular formula is C8H11F3N2O. The average molecular weight is 208 g/mol. The van der Waals surface area contributed by atoms with Crippen molar-refractivity contribution in [1.82, 2.24) is 5.16 Å². The molecule has 80 valence electrons. The van der Waals surface area contributed by atoms with E-state index in [4.69, 9.17) is 4.52 Å². The third-order valence-corrected chi connectivity index (χ3v) is 1.69. The first kappa shape index (κ1) is 10.9. The molecule has 0 aliphatic rings. The van der Waals surface area contributed by atoms with Gasteiger partial charge in [0, 0.05) is 6.04 Å². The molecule has 0 spiro atoms. The first-order valence-corrected chi connectivity index (χ1v) is 4.13. The molecule has 1 rings (SSSR count). The van der Waals surface area contributed by atoms with Crippen LogP contribution in [-0.4, -0.2) is 17.4 Å². The van der Waals surface area contributed by atoms with Gasteiger partial charge in [-0.2, -0.15) is 13.2 Å². The van der Waals surface area contributed by atoms with E-state index in [-0.39, 0.29) is 0 Å². The van der Waals surface area contributed by atoms with Gasteiger partial charge in [-0.05, 0) is 13.8 Å². The number of nitrogens with one attached hydrogen (secondary N) is 1. The minimum absolute atomic E-state index is 0.485. The molecule has 6 heteroatoms. The topological polar surface area (TPSA) is 38.1 Å². The fraction of sp³-hybridized carbons (Fsp3) is 0.625. The molecule has 0 amide bonds. The zero-order chi connectivity index (χ0) is 10.8. The van der Waals surface area contributed by atoms with E-state index < -0.39 is 18.6 Å². The van der Waals surface area contributed by atoms with Gasteiger partial charge in [0.1, 0.15) is 0 Å². The quantitative estimate of drug-likeness (QED) is 0.829. The highest BCUT2D eigenvalue weighted by molar-refractivity contribution is 5.44. The first-order chi connectivity index (χ1) is 6.38. The van der Waals surface area contributed by atoms with Crippen LogP contribution in [0.2, 0.25) is 0 Å². The average Bonchev–Trinajstić information content (AvgIpc) is 2.32. The van der Waals surface area contributed by atoms with Gasteiger partial charge < -0.3 is 9.84 Å². The summed E-state index contributed by atoms with van der Waals surface area (Å²) < 4.78 is 40.6. The molecule has 0 aliphatic carbocycles. The smallest absolute Gasteiger partial charge is 0.378 e. The van der Waals surface area contributed by atoms with Crippen molar-refractivity contribution in [2.45, 2.75) is 32.5 Å². The van der Waals surface area contributed by atoms with Crippen LogP contribution in [0.5, 0.6) is 0 Å². The predicted molar refractivity (Wildman–Crippen MR) is 45.0 cm³/mol. The maximum absolute atomic E-state index is 12.0. The highest BCUT2D eigenvalue weighted by Crippen LogP contribution is 2.24.